The third kappa shape index (κ3) is 4.77. The van der Waals surface area contributed by atoms with Crippen LogP contribution in [0.5, 0.6) is 0 Å². The van der Waals surface area contributed by atoms with Gasteiger partial charge in [0.2, 0.25) is 5.91 Å². The van der Waals surface area contributed by atoms with E-state index in [-0.39, 0.29) is 17.9 Å². The summed E-state index contributed by atoms with van der Waals surface area (Å²) in [4.78, 5) is 14.9. The first-order valence-corrected chi connectivity index (χ1v) is 10.6. The topological polar surface area (TPSA) is 46.7 Å². The van der Waals surface area contributed by atoms with E-state index in [1.807, 2.05) is 72.8 Å². The number of hydrogen-bond acceptors (Lipinski definition) is 2. The Morgan fingerprint density at radius 1 is 0.862 bits per heavy atom. The van der Waals surface area contributed by atoms with Crippen molar-refractivity contribution in [2.75, 3.05) is 19.6 Å². The minimum atomic E-state index is -0.314. The zero-order chi connectivity index (χ0) is 19.9. The fraction of sp³-hybridized carbons (Fsp3) is 0.320. The molecule has 0 saturated carbocycles. The van der Waals surface area contributed by atoms with E-state index in [0.29, 0.717) is 6.54 Å². The summed E-state index contributed by atoms with van der Waals surface area (Å²) in [5, 5.41) is 3.25. The highest BCUT2D eigenvalue weighted by molar-refractivity contribution is 5.87. The smallest absolute Gasteiger partial charge is 0.232 e. The highest BCUT2D eigenvalue weighted by Gasteiger charge is 2.30. The van der Waals surface area contributed by atoms with Crippen molar-refractivity contribution in [1.82, 2.24) is 5.32 Å². The van der Waals surface area contributed by atoms with Crippen LogP contribution in [0.25, 0.3) is 0 Å². The molecule has 1 saturated heterocycles. The van der Waals surface area contributed by atoms with Crippen LogP contribution < -0.4 is 10.2 Å². The van der Waals surface area contributed by atoms with Gasteiger partial charge in [0.25, 0.3) is 0 Å². The average molecular weight is 390 g/mol. The van der Waals surface area contributed by atoms with Crippen molar-refractivity contribution in [2.45, 2.75) is 31.2 Å². The van der Waals surface area contributed by atoms with Crippen LogP contribution in [0.3, 0.4) is 0 Å². The number of amides is 1. The van der Waals surface area contributed by atoms with E-state index < -0.39 is 0 Å². The van der Waals surface area contributed by atoms with Crippen LogP contribution in [0.4, 0.5) is 0 Å². The molecule has 150 valence electrons. The monoisotopic (exact) mass is 389 g/mol. The molecule has 3 aromatic rings. The zero-order valence-corrected chi connectivity index (χ0v) is 16.7. The van der Waals surface area contributed by atoms with Crippen LogP contribution in [0, 0.1) is 0 Å². The van der Waals surface area contributed by atoms with Crippen molar-refractivity contribution < 1.29 is 14.1 Å². The van der Waals surface area contributed by atoms with E-state index in [2.05, 4.69) is 5.32 Å². The second-order valence-electron chi connectivity index (χ2n) is 7.79. The van der Waals surface area contributed by atoms with Crippen LogP contribution in [0.15, 0.2) is 83.5 Å². The third-order valence-electron chi connectivity index (χ3n) is 5.88. The average Bonchev–Trinajstić information content (AvgIpc) is 3.31. The summed E-state index contributed by atoms with van der Waals surface area (Å²) in [6.45, 7) is 2.84. The van der Waals surface area contributed by atoms with Crippen molar-refractivity contribution in [1.29, 1.82) is 0 Å². The van der Waals surface area contributed by atoms with Crippen LogP contribution >= 0.6 is 0 Å². The SMILES string of the molecule is O=C(NC[C@H](c1ccco1)[NH+]1CCCCC1)C(c1ccccc1)c1ccccc1. The number of carbonyl (C=O) groups excluding carboxylic acids is 1. The fourth-order valence-corrected chi connectivity index (χ4v) is 4.38. The van der Waals surface area contributed by atoms with Crippen LogP contribution in [0.1, 0.15) is 48.1 Å². The molecule has 0 aliphatic carbocycles. The fourth-order valence-electron chi connectivity index (χ4n) is 4.38. The van der Waals surface area contributed by atoms with Gasteiger partial charge in [-0.3, -0.25) is 4.79 Å². The molecule has 0 unspecified atom stereocenters. The van der Waals surface area contributed by atoms with Gasteiger partial charge in [-0.2, -0.15) is 0 Å². The van der Waals surface area contributed by atoms with Gasteiger partial charge in [-0.25, -0.2) is 0 Å². The van der Waals surface area contributed by atoms with E-state index in [1.54, 1.807) is 6.26 Å². The number of quaternary nitrogens is 1. The highest BCUT2D eigenvalue weighted by atomic mass is 16.3. The van der Waals surface area contributed by atoms with Gasteiger partial charge in [0.15, 0.2) is 11.8 Å². The summed E-state index contributed by atoms with van der Waals surface area (Å²) in [5.41, 5.74) is 2.02. The van der Waals surface area contributed by atoms with Crippen molar-refractivity contribution in [3.05, 3.63) is 95.9 Å². The molecule has 0 radical (unpaired) electrons. The Labute approximate surface area is 172 Å². The van der Waals surface area contributed by atoms with E-state index in [4.69, 9.17) is 4.42 Å². The molecule has 1 aromatic heterocycles. The standard InChI is InChI=1S/C25H28N2O2/c28-25(24(20-11-4-1-5-12-20)21-13-6-2-7-14-21)26-19-22(23-15-10-18-29-23)27-16-8-3-9-17-27/h1-2,4-7,10-15,18,22,24H,3,8-9,16-17,19H2,(H,26,28)/p+1/t22-/m1/s1. The minimum absolute atomic E-state index is 0.0374. The third-order valence-corrected chi connectivity index (χ3v) is 5.88. The maximum atomic E-state index is 13.3. The first kappa shape index (κ1) is 19.5. The minimum Gasteiger partial charge on any atom is -0.463 e. The number of furan rings is 1. The number of benzene rings is 2. The summed E-state index contributed by atoms with van der Waals surface area (Å²) in [5.74, 6) is 0.680. The van der Waals surface area contributed by atoms with Gasteiger partial charge in [-0.05, 0) is 42.5 Å². The quantitative estimate of drug-likeness (QED) is 0.651. The van der Waals surface area contributed by atoms with Crippen molar-refractivity contribution in [3.8, 4) is 0 Å². The van der Waals surface area contributed by atoms with Crippen molar-refractivity contribution in [3.63, 3.8) is 0 Å². The summed E-state index contributed by atoms with van der Waals surface area (Å²) in [7, 11) is 0. The van der Waals surface area contributed by atoms with Gasteiger partial charge in [0.1, 0.15) is 0 Å². The van der Waals surface area contributed by atoms with Gasteiger partial charge in [-0.15, -0.1) is 0 Å². The lowest BCUT2D eigenvalue weighted by atomic mass is 9.90. The number of nitrogens with one attached hydrogen (secondary N) is 2. The molecule has 1 aliphatic rings. The Bertz CT molecular complexity index is 832. The molecule has 2 aromatic carbocycles. The van der Waals surface area contributed by atoms with Gasteiger partial charge < -0.3 is 14.6 Å². The first-order chi connectivity index (χ1) is 14.3. The van der Waals surface area contributed by atoms with Gasteiger partial charge >= 0.3 is 0 Å². The lowest BCUT2D eigenvalue weighted by Gasteiger charge is -2.31. The normalized spacial score (nSPS) is 15.9. The molecule has 1 amide bonds. The van der Waals surface area contributed by atoms with Gasteiger partial charge in [0, 0.05) is 0 Å². The largest absolute Gasteiger partial charge is 0.463 e. The van der Waals surface area contributed by atoms with E-state index in [1.165, 1.54) is 24.2 Å². The lowest BCUT2D eigenvalue weighted by Crippen LogP contribution is -3.13. The number of carbonyl (C=O) groups is 1. The van der Waals surface area contributed by atoms with Gasteiger partial charge in [-0.1, -0.05) is 60.7 Å². The maximum absolute atomic E-state index is 13.3. The Balaban J connectivity index is 1.53. The molecule has 1 fully saturated rings. The molecule has 1 aliphatic heterocycles. The summed E-state index contributed by atoms with van der Waals surface area (Å²) in [6, 6.07) is 24.1. The second kappa shape index (κ2) is 9.57. The second-order valence-corrected chi connectivity index (χ2v) is 7.79. The van der Waals surface area contributed by atoms with Crippen LogP contribution in [-0.2, 0) is 4.79 Å². The summed E-state index contributed by atoms with van der Waals surface area (Å²) in [6.07, 6.45) is 5.49. The first-order valence-electron chi connectivity index (χ1n) is 10.6. The maximum Gasteiger partial charge on any atom is 0.232 e. The molecule has 0 spiro atoms. The summed E-state index contributed by atoms with van der Waals surface area (Å²) >= 11 is 0. The zero-order valence-electron chi connectivity index (χ0n) is 16.7. The summed E-state index contributed by atoms with van der Waals surface area (Å²) < 4.78 is 5.74. The Morgan fingerprint density at radius 3 is 2.03 bits per heavy atom. The predicted octanol–water partition coefficient (Wildman–Crippen LogP) is 3.34. The molecular formula is C25H29N2O2+. The van der Waals surface area contributed by atoms with E-state index >= 15 is 0 Å². The number of piperidine rings is 1. The Kier molecular flexibility index (Phi) is 6.42. The Hall–Kier alpha value is -2.85. The Morgan fingerprint density at radius 2 is 1.48 bits per heavy atom. The molecule has 4 heteroatoms. The van der Waals surface area contributed by atoms with Crippen molar-refractivity contribution >= 4 is 5.91 Å². The molecule has 1 atom stereocenters. The molecule has 4 rings (SSSR count). The number of rotatable bonds is 7. The van der Waals surface area contributed by atoms with E-state index in [0.717, 1.165) is 30.0 Å². The number of hydrogen-bond donors (Lipinski definition) is 2. The predicted molar refractivity (Wildman–Crippen MR) is 114 cm³/mol. The highest BCUT2D eigenvalue weighted by Crippen LogP contribution is 2.25. The van der Waals surface area contributed by atoms with E-state index in [9.17, 15) is 4.79 Å². The molecule has 4 nitrogen and oxygen atoms in total. The van der Waals surface area contributed by atoms with Gasteiger partial charge in [0.05, 0.1) is 31.8 Å². The molecule has 0 bridgehead atoms. The van der Waals surface area contributed by atoms with Crippen LogP contribution in [-0.4, -0.2) is 25.5 Å². The molecule has 2 N–H and O–H groups in total. The lowest BCUT2D eigenvalue weighted by molar-refractivity contribution is -0.936. The molecule has 29 heavy (non-hydrogen) atoms. The van der Waals surface area contributed by atoms with Crippen LogP contribution in [0.2, 0.25) is 0 Å². The molecular weight excluding hydrogens is 360 g/mol. The number of likely N-dealkylation sites (tertiary alicyclic amines) is 1. The molecule has 2 heterocycles. The van der Waals surface area contributed by atoms with Crippen molar-refractivity contribution in [2.24, 2.45) is 0 Å².